The fourth-order valence-corrected chi connectivity index (χ4v) is 5.36. The lowest BCUT2D eigenvalue weighted by atomic mass is 9.90. The second-order valence-electron chi connectivity index (χ2n) is 12.7. The van der Waals surface area contributed by atoms with Crippen LogP contribution in [0.4, 0.5) is 0 Å². The van der Waals surface area contributed by atoms with Crippen LogP contribution in [0.5, 0.6) is 0 Å². The number of hydrogen-bond donors (Lipinski definition) is 6. The van der Waals surface area contributed by atoms with E-state index in [-0.39, 0.29) is 32.2 Å². The molecule has 0 aliphatic heterocycles. The van der Waals surface area contributed by atoms with Crippen molar-refractivity contribution in [1.82, 2.24) is 39.9 Å². The van der Waals surface area contributed by atoms with Gasteiger partial charge in [-0.1, -0.05) is 57.5 Å². The highest BCUT2D eigenvalue weighted by molar-refractivity contribution is 9.10. The van der Waals surface area contributed by atoms with Gasteiger partial charge in [0.1, 0.15) is 21.4 Å². The third-order valence-electron chi connectivity index (χ3n) is 6.94. The molecule has 4 aromatic heterocycles. The Kier molecular flexibility index (Phi) is 8.23. The van der Waals surface area contributed by atoms with Gasteiger partial charge in [0.15, 0.2) is 0 Å². The van der Waals surface area contributed by atoms with E-state index in [1.165, 1.54) is 24.3 Å². The molecule has 0 spiro atoms. The Morgan fingerprint density at radius 2 is 0.889 bits per heavy atom. The first-order valence-corrected chi connectivity index (χ1v) is 14.9. The summed E-state index contributed by atoms with van der Waals surface area (Å²) in [4.78, 5) is 77.0. The minimum Gasteiger partial charge on any atom is -0.348 e. The highest BCUT2D eigenvalue weighted by Gasteiger charge is 2.20. The lowest BCUT2D eigenvalue weighted by Gasteiger charge is -2.16. The number of nitrogens with zero attached hydrogens (tertiary/aromatic N) is 2. The summed E-state index contributed by atoms with van der Waals surface area (Å²) in [5.41, 5.74) is 1.43. The van der Waals surface area contributed by atoms with Gasteiger partial charge in [0.25, 0.3) is 22.2 Å². The highest BCUT2D eigenvalue weighted by Crippen LogP contribution is 2.23. The monoisotopic (exact) mass is 672 g/mol. The van der Waals surface area contributed by atoms with Gasteiger partial charge in [0.05, 0.1) is 24.0 Å². The van der Waals surface area contributed by atoms with Crippen LogP contribution >= 0.6 is 15.9 Å². The molecule has 0 amide bonds. The number of rotatable bonds is 4. The molecule has 6 N–H and O–H groups in total. The molecular formula is C32H33BrN8O4. The number of aromatic nitrogens is 8. The number of H-pyrrole nitrogens is 6. The van der Waals surface area contributed by atoms with Crippen molar-refractivity contribution in [3.63, 3.8) is 0 Å². The second kappa shape index (κ2) is 11.8. The lowest BCUT2D eigenvalue weighted by molar-refractivity contribution is 0.571. The second-order valence-corrected chi connectivity index (χ2v) is 13.6. The molecule has 0 aliphatic carbocycles. The third-order valence-corrected chi connectivity index (χ3v) is 7.39. The van der Waals surface area contributed by atoms with E-state index >= 15 is 0 Å². The first-order chi connectivity index (χ1) is 21.1. The maximum absolute atomic E-state index is 13.0. The van der Waals surface area contributed by atoms with Crippen LogP contribution in [0, 0.1) is 0 Å². The number of nitrogens with one attached hydrogen (secondary N) is 6. The van der Waals surface area contributed by atoms with E-state index in [0.717, 1.165) is 11.4 Å². The molecule has 0 saturated carbocycles. The van der Waals surface area contributed by atoms with Crippen LogP contribution in [-0.2, 0) is 10.8 Å². The molecule has 12 nitrogen and oxygen atoms in total. The lowest BCUT2D eigenvalue weighted by Crippen LogP contribution is -2.47. The Balaban J connectivity index is 1.54. The Hall–Kier alpha value is -5.04. The first kappa shape index (κ1) is 31.4. The standard InChI is InChI=1S/C32H33BrN8O4/c1-31(2,3)25-19(34-14-36-25)12-23-29(44)38-21(27(42)40-23)10-16-7-17(9-18(33)8-16)11-22-28(43)41-24(30(45)39-22)13-20-26(32(4,5)6)37-15-35-20/h7-15H,1-6H3,(H,34,36)(H,35,37)(H,38,44)(H,39,45)(H,40,42)(H,41,43)/b21-10-,22-11-,23-12-,24-13-. The van der Waals surface area contributed by atoms with Crippen molar-refractivity contribution in [1.29, 1.82) is 0 Å². The van der Waals surface area contributed by atoms with Gasteiger partial charge in [-0.3, -0.25) is 19.2 Å². The highest BCUT2D eigenvalue weighted by atomic mass is 79.9. The molecule has 13 heteroatoms. The summed E-state index contributed by atoms with van der Waals surface area (Å²) >= 11 is 3.46. The van der Waals surface area contributed by atoms with E-state index < -0.39 is 22.2 Å². The average Bonchev–Trinajstić information content (AvgIpc) is 3.59. The van der Waals surface area contributed by atoms with Gasteiger partial charge in [-0.25, -0.2) is 9.97 Å². The maximum Gasteiger partial charge on any atom is 0.272 e. The summed E-state index contributed by atoms with van der Waals surface area (Å²) in [7, 11) is 0. The van der Waals surface area contributed by atoms with Crippen molar-refractivity contribution < 1.29 is 0 Å². The molecule has 1 aromatic carbocycles. The number of aromatic amines is 6. The largest absolute Gasteiger partial charge is 0.348 e. The number of benzene rings is 1. The maximum atomic E-state index is 13.0. The van der Waals surface area contributed by atoms with Gasteiger partial charge in [-0.05, 0) is 53.6 Å². The van der Waals surface area contributed by atoms with E-state index in [4.69, 9.17) is 0 Å². The van der Waals surface area contributed by atoms with Crippen molar-refractivity contribution in [3.05, 3.63) is 132 Å². The van der Waals surface area contributed by atoms with Gasteiger partial charge in [-0.2, -0.15) is 0 Å². The zero-order chi connectivity index (χ0) is 32.7. The predicted octanol–water partition coefficient (Wildman–Crippen LogP) is 0.559. The minimum atomic E-state index is -0.502. The fraction of sp³-hybridized carbons (Fsp3) is 0.250. The molecule has 0 radical (unpaired) electrons. The van der Waals surface area contributed by atoms with Gasteiger partial charge in [0.2, 0.25) is 0 Å². The van der Waals surface area contributed by atoms with E-state index in [9.17, 15) is 19.2 Å². The summed E-state index contributed by atoms with van der Waals surface area (Å²) in [6.07, 6.45) is 9.19. The molecule has 0 fully saturated rings. The minimum absolute atomic E-state index is 0.0402. The van der Waals surface area contributed by atoms with Crippen LogP contribution in [0.3, 0.4) is 0 Å². The van der Waals surface area contributed by atoms with Crippen molar-refractivity contribution in [3.8, 4) is 0 Å². The smallest absolute Gasteiger partial charge is 0.272 e. The normalized spacial score (nSPS) is 14.1. The Morgan fingerprint density at radius 3 is 1.22 bits per heavy atom. The van der Waals surface area contributed by atoms with Crippen molar-refractivity contribution in [2.24, 2.45) is 0 Å². The van der Waals surface area contributed by atoms with Crippen LogP contribution < -0.4 is 43.6 Å². The molecule has 0 bridgehead atoms. The Bertz CT molecular complexity index is 2240. The topological polar surface area (TPSA) is 189 Å². The summed E-state index contributed by atoms with van der Waals surface area (Å²) < 4.78 is 0.649. The van der Waals surface area contributed by atoms with Gasteiger partial charge in [0, 0.05) is 26.7 Å². The Morgan fingerprint density at radius 1 is 0.556 bits per heavy atom. The Labute approximate surface area is 264 Å². The summed E-state index contributed by atoms with van der Waals surface area (Å²) in [5, 5.41) is 0.226. The molecule has 0 atom stereocenters. The summed E-state index contributed by atoms with van der Waals surface area (Å²) in [5.74, 6) is 0. The zero-order valence-electron chi connectivity index (χ0n) is 25.6. The zero-order valence-corrected chi connectivity index (χ0v) is 27.2. The van der Waals surface area contributed by atoms with Crippen molar-refractivity contribution in [2.75, 3.05) is 0 Å². The van der Waals surface area contributed by atoms with E-state index in [1.54, 1.807) is 30.9 Å². The number of hydrogen-bond acceptors (Lipinski definition) is 6. The average molecular weight is 674 g/mol. The van der Waals surface area contributed by atoms with E-state index in [2.05, 4.69) is 55.8 Å². The number of halogens is 1. The third kappa shape index (κ3) is 7.04. The van der Waals surface area contributed by atoms with Crippen LogP contribution in [0.15, 0.2) is 54.5 Å². The molecule has 4 heterocycles. The quantitative estimate of drug-likeness (QED) is 0.162. The van der Waals surface area contributed by atoms with E-state index in [1.807, 2.05) is 41.5 Å². The van der Waals surface area contributed by atoms with Crippen molar-refractivity contribution >= 4 is 40.2 Å². The van der Waals surface area contributed by atoms with Crippen molar-refractivity contribution in [2.45, 2.75) is 52.4 Å². The molecular weight excluding hydrogens is 640 g/mol. The van der Waals surface area contributed by atoms with Crippen LogP contribution in [0.25, 0.3) is 24.3 Å². The fourth-order valence-electron chi connectivity index (χ4n) is 4.83. The molecule has 45 heavy (non-hydrogen) atoms. The van der Waals surface area contributed by atoms with Gasteiger partial charge < -0.3 is 29.9 Å². The molecule has 0 aliphatic rings. The summed E-state index contributed by atoms with van der Waals surface area (Å²) in [6.45, 7) is 12.1. The molecule has 5 aromatic rings. The van der Waals surface area contributed by atoms with Crippen LogP contribution in [0.2, 0.25) is 0 Å². The number of imidazole rings is 2. The molecule has 0 saturated heterocycles. The van der Waals surface area contributed by atoms with Crippen LogP contribution in [-0.4, -0.2) is 39.9 Å². The SMILES string of the molecule is CC(C)(C)c1[nH]cnc1/C=c1\[nH]c(=O)/c(=C/c2cc(Br)cc(/C=c3\[nH]c(=O)/c(=C/c4nc[nH]c4C(C)(C)C)[nH]c3=O)c2)[nH]c1=O. The van der Waals surface area contributed by atoms with Crippen LogP contribution in [0.1, 0.15) is 75.4 Å². The molecule has 232 valence electrons. The summed E-state index contributed by atoms with van der Waals surface area (Å²) in [6, 6.07) is 5.20. The van der Waals surface area contributed by atoms with E-state index in [0.29, 0.717) is 27.0 Å². The molecule has 5 rings (SSSR count). The first-order valence-electron chi connectivity index (χ1n) is 14.1. The predicted molar refractivity (Wildman–Crippen MR) is 177 cm³/mol. The van der Waals surface area contributed by atoms with Gasteiger partial charge >= 0.3 is 0 Å². The van der Waals surface area contributed by atoms with Gasteiger partial charge in [-0.15, -0.1) is 0 Å². The molecule has 0 unspecified atom stereocenters.